The molecule has 39 heavy (non-hydrogen) atoms. The van der Waals surface area contributed by atoms with Gasteiger partial charge in [0.1, 0.15) is 11.5 Å². The van der Waals surface area contributed by atoms with Crippen LogP contribution in [-0.2, 0) is 26.8 Å². The molecular weight excluding hydrogens is 518 g/mol. The lowest BCUT2D eigenvalue weighted by Crippen LogP contribution is -2.33. The van der Waals surface area contributed by atoms with E-state index < -0.39 is 23.5 Å². The number of nitrogen functional groups attached to an aromatic ring is 1. The Hall–Kier alpha value is -5.01. The fourth-order valence-corrected chi connectivity index (χ4v) is 4.65. The molecule has 0 aliphatic carbocycles. The second-order valence-corrected chi connectivity index (χ2v) is 9.00. The highest BCUT2D eigenvalue weighted by Gasteiger charge is 2.31. The van der Waals surface area contributed by atoms with Crippen LogP contribution in [-0.4, -0.2) is 39.8 Å². The van der Waals surface area contributed by atoms with Crippen LogP contribution in [0, 0.1) is 5.82 Å². The van der Waals surface area contributed by atoms with Gasteiger partial charge < -0.3 is 10.1 Å². The number of nitrogens with two attached hydrogens (primary N) is 1. The first kappa shape index (κ1) is 24.3. The number of benzene rings is 1. The van der Waals surface area contributed by atoms with Crippen LogP contribution in [0.1, 0.15) is 21.6 Å². The van der Waals surface area contributed by atoms with Gasteiger partial charge in [-0.3, -0.25) is 14.4 Å². The molecule has 0 aliphatic rings. The maximum absolute atomic E-state index is 14.9. The second-order valence-electron chi connectivity index (χ2n) is 9.00. The largest absolute Gasteiger partial charge is 0.417 e. The number of carbonyl (C=O) groups excluding carboxylic acids is 1. The summed E-state index contributed by atoms with van der Waals surface area (Å²) in [5.74, 6) is -1.17. The molecule has 5 aromatic heterocycles. The number of aryl methyl sites for hydroxylation is 2. The number of anilines is 2. The summed E-state index contributed by atoms with van der Waals surface area (Å²) in [7, 11) is 3.21. The van der Waals surface area contributed by atoms with Gasteiger partial charge in [-0.25, -0.2) is 19.0 Å². The predicted molar refractivity (Wildman–Crippen MR) is 134 cm³/mol. The van der Waals surface area contributed by atoms with Crippen LogP contribution in [0.4, 0.5) is 29.2 Å². The molecule has 198 valence electrons. The molecule has 10 nitrogen and oxygen atoms in total. The third-order valence-corrected chi connectivity index (χ3v) is 6.47. The molecule has 0 aliphatic heterocycles. The zero-order valence-corrected chi connectivity index (χ0v) is 20.5. The highest BCUT2D eigenvalue weighted by atomic mass is 19.4. The summed E-state index contributed by atoms with van der Waals surface area (Å²) in [6.45, 7) is -0.239. The Morgan fingerprint density at radius 1 is 1.00 bits per heavy atom. The standard InChI is InChI=1S/C25H19F4N9O/c1-35-21-16-7-13(3-5-19(16)34-22(30)17(21)8-31-35)24(39)38(23-18(26)9-32-36(23)2)12-15-11-37-10-14(25(27,28)29)4-6-20(37)33-15/h3-11H,12H2,1-2H3,(H2,30,34). The van der Waals surface area contributed by atoms with Crippen LogP contribution in [0.15, 0.2) is 55.1 Å². The Kier molecular flexibility index (Phi) is 5.31. The fourth-order valence-electron chi connectivity index (χ4n) is 4.65. The first-order chi connectivity index (χ1) is 18.5. The van der Waals surface area contributed by atoms with Gasteiger partial charge in [-0.2, -0.15) is 23.4 Å². The van der Waals surface area contributed by atoms with Crippen molar-refractivity contribution in [2.45, 2.75) is 12.7 Å². The lowest BCUT2D eigenvalue weighted by molar-refractivity contribution is -0.137. The summed E-state index contributed by atoms with van der Waals surface area (Å²) in [5, 5.41) is 9.37. The van der Waals surface area contributed by atoms with E-state index in [-0.39, 0.29) is 29.3 Å². The number of alkyl halides is 3. The molecule has 0 saturated carbocycles. The monoisotopic (exact) mass is 537 g/mol. The second kappa shape index (κ2) is 8.51. The average Bonchev–Trinajstić information content (AvgIpc) is 3.58. The number of pyridine rings is 2. The van der Waals surface area contributed by atoms with Gasteiger partial charge >= 0.3 is 6.18 Å². The third kappa shape index (κ3) is 4.00. The van der Waals surface area contributed by atoms with Gasteiger partial charge in [-0.05, 0) is 30.3 Å². The number of aromatic nitrogens is 7. The Bertz CT molecular complexity index is 1900. The maximum Gasteiger partial charge on any atom is 0.417 e. The van der Waals surface area contributed by atoms with Gasteiger partial charge in [0.2, 0.25) is 0 Å². The number of hydrogen-bond donors (Lipinski definition) is 1. The van der Waals surface area contributed by atoms with E-state index in [9.17, 15) is 22.4 Å². The number of fused-ring (bicyclic) bond motifs is 4. The molecule has 0 radical (unpaired) electrons. The average molecular weight is 537 g/mol. The van der Waals surface area contributed by atoms with Crippen molar-refractivity contribution in [3.63, 3.8) is 0 Å². The Balaban J connectivity index is 1.45. The highest BCUT2D eigenvalue weighted by Crippen LogP contribution is 2.31. The van der Waals surface area contributed by atoms with Gasteiger partial charge in [0, 0.05) is 37.4 Å². The fraction of sp³-hybridized carbons (Fsp3) is 0.160. The molecule has 14 heteroatoms. The minimum atomic E-state index is -4.53. The van der Waals surface area contributed by atoms with Crippen molar-refractivity contribution >= 4 is 45.0 Å². The zero-order chi connectivity index (χ0) is 27.6. The van der Waals surface area contributed by atoms with E-state index in [0.717, 1.165) is 23.4 Å². The van der Waals surface area contributed by atoms with Gasteiger partial charge in [-0.1, -0.05) is 0 Å². The zero-order valence-electron chi connectivity index (χ0n) is 20.5. The number of nitrogens with zero attached hydrogens (tertiary/aromatic N) is 8. The van der Waals surface area contributed by atoms with Crippen LogP contribution >= 0.6 is 0 Å². The summed E-state index contributed by atoms with van der Waals surface area (Å²) in [6.07, 6.45) is 0.292. The summed E-state index contributed by atoms with van der Waals surface area (Å²) in [6, 6.07) is 6.94. The van der Waals surface area contributed by atoms with Crippen LogP contribution in [0.3, 0.4) is 0 Å². The Labute approximate surface area is 216 Å². The van der Waals surface area contributed by atoms with E-state index in [2.05, 4.69) is 20.2 Å². The maximum atomic E-state index is 14.9. The van der Waals surface area contributed by atoms with Crippen molar-refractivity contribution in [3.05, 3.63) is 77.8 Å². The van der Waals surface area contributed by atoms with Crippen LogP contribution in [0.2, 0.25) is 0 Å². The summed E-state index contributed by atoms with van der Waals surface area (Å²) in [4.78, 5) is 23.8. The minimum Gasteiger partial charge on any atom is -0.383 e. The normalized spacial score (nSPS) is 12.2. The number of carbonyl (C=O) groups is 1. The van der Waals surface area contributed by atoms with Crippen LogP contribution in [0.5, 0.6) is 0 Å². The van der Waals surface area contributed by atoms with Crippen molar-refractivity contribution in [1.29, 1.82) is 0 Å². The van der Waals surface area contributed by atoms with Crippen molar-refractivity contribution in [2.24, 2.45) is 14.1 Å². The SMILES string of the molecule is Cn1ncc(F)c1N(Cc1cn2cc(C(F)(F)F)ccc2n1)C(=O)c1ccc2nc(N)c3cnn(C)c3c2c1. The first-order valence-electron chi connectivity index (χ1n) is 11.6. The quantitative estimate of drug-likeness (QED) is 0.339. The number of rotatable bonds is 4. The number of halogens is 4. The van der Waals surface area contributed by atoms with Crippen molar-refractivity contribution in [1.82, 2.24) is 33.9 Å². The van der Waals surface area contributed by atoms with Crippen LogP contribution < -0.4 is 10.6 Å². The van der Waals surface area contributed by atoms with E-state index in [4.69, 9.17) is 5.73 Å². The van der Waals surface area contributed by atoms with Crippen molar-refractivity contribution in [2.75, 3.05) is 10.6 Å². The molecule has 0 atom stereocenters. The molecule has 0 bridgehead atoms. The molecule has 2 N–H and O–H groups in total. The summed E-state index contributed by atoms with van der Waals surface area (Å²) < 4.78 is 58.5. The molecule has 0 unspecified atom stereocenters. The van der Waals surface area contributed by atoms with E-state index in [0.29, 0.717) is 27.6 Å². The Morgan fingerprint density at radius 2 is 1.77 bits per heavy atom. The Morgan fingerprint density at radius 3 is 2.49 bits per heavy atom. The predicted octanol–water partition coefficient (Wildman–Crippen LogP) is 4.09. The van der Waals surface area contributed by atoms with Gasteiger partial charge in [-0.15, -0.1) is 0 Å². The van der Waals surface area contributed by atoms with Crippen molar-refractivity contribution < 1.29 is 22.4 Å². The molecule has 0 fully saturated rings. The van der Waals surface area contributed by atoms with E-state index >= 15 is 0 Å². The number of amides is 1. The molecule has 1 amide bonds. The van der Waals surface area contributed by atoms with Crippen LogP contribution in [0.25, 0.3) is 27.5 Å². The molecule has 0 saturated heterocycles. The highest BCUT2D eigenvalue weighted by molar-refractivity contribution is 6.12. The molecule has 1 aromatic carbocycles. The molecule has 6 aromatic rings. The van der Waals surface area contributed by atoms with Crippen molar-refractivity contribution in [3.8, 4) is 0 Å². The van der Waals surface area contributed by atoms with E-state index in [1.54, 1.807) is 36.1 Å². The topological polar surface area (TPSA) is 112 Å². The van der Waals surface area contributed by atoms with E-state index in [1.807, 2.05) is 0 Å². The third-order valence-electron chi connectivity index (χ3n) is 6.47. The number of hydrogen-bond acceptors (Lipinski definition) is 6. The number of imidazole rings is 1. The summed E-state index contributed by atoms with van der Waals surface area (Å²) >= 11 is 0. The van der Waals surface area contributed by atoms with Gasteiger partial charge in [0.15, 0.2) is 11.6 Å². The van der Waals surface area contributed by atoms with Gasteiger partial charge in [0.05, 0.1) is 46.6 Å². The lowest BCUT2D eigenvalue weighted by Gasteiger charge is -2.22. The first-order valence-corrected chi connectivity index (χ1v) is 11.6. The molecule has 0 spiro atoms. The van der Waals surface area contributed by atoms with Gasteiger partial charge in [0.25, 0.3) is 5.91 Å². The molecule has 6 rings (SSSR count). The smallest absolute Gasteiger partial charge is 0.383 e. The van der Waals surface area contributed by atoms with E-state index in [1.165, 1.54) is 28.4 Å². The lowest BCUT2D eigenvalue weighted by atomic mass is 10.1. The molecular formula is C25H19F4N9O. The minimum absolute atomic E-state index is 0.130. The molecule has 5 heterocycles. The summed E-state index contributed by atoms with van der Waals surface area (Å²) in [5.41, 5.74) is 7.12.